The topological polar surface area (TPSA) is 26.0 Å². The molecular weight excluding hydrogens is 278 g/mol. The molecule has 0 saturated carbocycles. The summed E-state index contributed by atoms with van der Waals surface area (Å²) in [6.07, 6.45) is 15.1. The Labute approximate surface area is 148 Å². The zero-order valence-corrected chi connectivity index (χ0v) is 17.2. The molecule has 0 aromatic carbocycles. The first-order valence-corrected chi connectivity index (χ1v) is 10.7. The Hall–Kier alpha value is -0.0400. The van der Waals surface area contributed by atoms with Gasteiger partial charge in [-0.1, -0.05) is 99.3 Å². The number of rotatable bonds is 15. The Bertz CT molecular complexity index is 250. The van der Waals surface area contributed by atoms with Gasteiger partial charge in [0.2, 0.25) is 0 Å². The second kappa shape index (κ2) is 14.3. The van der Waals surface area contributed by atoms with Crippen molar-refractivity contribution >= 4 is 0 Å². The molecule has 0 heterocycles. The van der Waals surface area contributed by atoms with E-state index in [1.165, 1.54) is 70.6 Å². The van der Waals surface area contributed by atoms with Gasteiger partial charge in [0.15, 0.2) is 0 Å². The SMILES string of the molecule is CCCCCCCCC(C)C(C)CC(C)C(N)C(C)CCCC. The highest BCUT2D eigenvalue weighted by Crippen LogP contribution is 2.28. The number of unbranched alkanes of at least 4 members (excludes halogenated alkanes) is 6. The van der Waals surface area contributed by atoms with E-state index in [0.29, 0.717) is 17.9 Å². The van der Waals surface area contributed by atoms with Crippen LogP contribution in [0, 0.1) is 23.7 Å². The third-order valence-corrected chi connectivity index (χ3v) is 6.06. The summed E-state index contributed by atoms with van der Waals surface area (Å²) in [7, 11) is 0. The molecule has 0 bridgehead atoms. The van der Waals surface area contributed by atoms with Crippen LogP contribution < -0.4 is 5.73 Å². The predicted octanol–water partition coefficient (Wildman–Crippen LogP) is 7.19. The molecular formula is C22H47N. The molecule has 0 aliphatic carbocycles. The van der Waals surface area contributed by atoms with E-state index in [9.17, 15) is 0 Å². The molecule has 0 radical (unpaired) electrons. The molecule has 0 fully saturated rings. The van der Waals surface area contributed by atoms with Crippen LogP contribution in [0.5, 0.6) is 0 Å². The van der Waals surface area contributed by atoms with E-state index in [2.05, 4.69) is 41.5 Å². The summed E-state index contributed by atoms with van der Waals surface area (Å²) in [5, 5.41) is 0. The number of hydrogen-bond donors (Lipinski definition) is 1. The van der Waals surface area contributed by atoms with Gasteiger partial charge in [-0.25, -0.2) is 0 Å². The van der Waals surface area contributed by atoms with Gasteiger partial charge in [0.05, 0.1) is 0 Å². The van der Waals surface area contributed by atoms with Crippen molar-refractivity contribution in [2.24, 2.45) is 29.4 Å². The monoisotopic (exact) mass is 325 g/mol. The lowest BCUT2D eigenvalue weighted by atomic mass is 9.79. The van der Waals surface area contributed by atoms with Gasteiger partial charge in [-0.15, -0.1) is 0 Å². The van der Waals surface area contributed by atoms with Crippen molar-refractivity contribution < 1.29 is 0 Å². The molecule has 140 valence electrons. The van der Waals surface area contributed by atoms with Crippen LogP contribution in [0.15, 0.2) is 0 Å². The Morgan fingerprint density at radius 3 is 1.70 bits per heavy atom. The van der Waals surface area contributed by atoms with E-state index in [-0.39, 0.29) is 0 Å². The molecule has 0 rings (SSSR count). The van der Waals surface area contributed by atoms with Crippen LogP contribution in [-0.4, -0.2) is 6.04 Å². The minimum atomic E-state index is 0.380. The van der Waals surface area contributed by atoms with Gasteiger partial charge in [0.1, 0.15) is 0 Å². The van der Waals surface area contributed by atoms with Crippen molar-refractivity contribution in [3.8, 4) is 0 Å². The van der Waals surface area contributed by atoms with Gasteiger partial charge in [-0.2, -0.15) is 0 Å². The summed E-state index contributed by atoms with van der Waals surface area (Å²) in [5.74, 6) is 2.99. The average Bonchev–Trinajstić information content (AvgIpc) is 2.54. The van der Waals surface area contributed by atoms with Crippen molar-refractivity contribution in [1.29, 1.82) is 0 Å². The summed E-state index contributed by atoms with van der Waals surface area (Å²) in [6.45, 7) is 14.2. The van der Waals surface area contributed by atoms with Gasteiger partial charge < -0.3 is 5.73 Å². The van der Waals surface area contributed by atoms with Gasteiger partial charge >= 0.3 is 0 Å². The molecule has 0 amide bonds. The van der Waals surface area contributed by atoms with Crippen LogP contribution in [0.25, 0.3) is 0 Å². The normalized spacial score (nSPS) is 18.4. The van der Waals surface area contributed by atoms with E-state index >= 15 is 0 Å². The second-order valence-corrected chi connectivity index (χ2v) is 8.42. The highest BCUT2D eigenvalue weighted by molar-refractivity contribution is 4.78. The molecule has 23 heavy (non-hydrogen) atoms. The summed E-state index contributed by atoms with van der Waals surface area (Å²) >= 11 is 0. The minimum absolute atomic E-state index is 0.380. The second-order valence-electron chi connectivity index (χ2n) is 8.42. The van der Waals surface area contributed by atoms with E-state index in [1.807, 2.05) is 0 Å². The first-order chi connectivity index (χ1) is 10.9. The van der Waals surface area contributed by atoms with E-state index in [4.69, 9.17) is 5.73 Å². The summed E-state index contributed by atoms with van der Waals surface area (Å²) < 4.78 is 0. The van der Waals surface area contributed by atoms with Crippen LogP contribution >= 0.6 is 0 Å². The third kappa shape index (κ3) is 11.2. The molecule has 2 N–H and O–H groups in total. The van der Waals surface area contributed by atoms with Crippen LogP contribution in [0.2, 0.25) is 0 Å². The van der Waals surface area contributed by atoms with E-state index in [1.54, 1.807) is 0 Å². The smallest absolute Gasteiger partial charge is 0.00904 e. The molecule has 0 aromatic rings. The predicted molar refractivity (Wildman–Crippen MR) is 107 cm³/mol. The first-order valence-electron chi connectivity index (χ1n) is 10.7. The fourth-order valence-corrected chi connectivity index (χ4v) is 3.79. The maximum absolute atomic E-state index is 6.52. The fourth-order valence-electron chi connectivity index (χ4n) is 3.79. The molecule has 5 unspecified atom stereocenters. The molecule has 1 nitrogen and oxygen atoms in total. The molecule has 0 saturated heterocycles. The fraction of sp³-hybridized carbons (Fsp3) is 1.00. The van der Waals surface area contributed by atoms with Crippen molar-refractivity contribution in [3.63, 3.8) is 0 Å². The maximum atomic E-state index is 6.52. The van der Waals surface area contributed by atoms with Gasteiger partial charge in [-0.05, 0) is 36.5 Å². The van der Waals surface area contributed by atoms with Crippen molar-refractivity contribution in [2.75, 3.05) is 0 Å². The van der Waals surface area contributed by atoms with E-state index < -0.39 is 0 Å². The van der Waals surface area contributed by atoms with Gasteiger partial charge in [0.25, 0.3) is 0 Å². The first kappa shape index (κ1) is 23.0. The molecule has 0 aliphatic rings. The van der Waals surface area contributed by atoms with Crippen LogP contribution in [0.4, 0.5) is 0 Å². The Kier molecular flexibility index (Phi) is 14.3. The van der Waals surface area contributed by atoms with Crippen LogP contribution in [0.1, 0.15) is 112 Å². The Balaban J connectivity index is 3.93. The lowest BCUT2D eigenvalue weighted by molar-refractivity contribution is 0.238. The lowest BCUT2D eigenvalue weighted by Crippen LogP contribution is -2.36. The Morgan fingerprint density at radius 1 is 0.565 bits per heavy atom. The Morgan fingerprint density at radius 2 is 1.09 bits per heavy atom. The summed E-state index contributed by atoms with van der Waals surface area (Å²) in [4.78, 5) is 0. The summed E-state index contributed by atoms with van der Waals surface area (Å²) in [6, 6.07) is 0.380. The standard InChI is InChI=1S/C22H47N/c1-7-9-11-12-13-14-16-18(3)20(5)17-21(6)22(23)19(4)15-10-8-2/h18-22H,7-17,23H2,1-6H3. The number of nitrogens with two attached hydrogens (primary N) is 1. The van der Waals surface area contributed by atoms with Gasteiger partial charge in [-0.3, -0.25) is 0 Å². The van der Waals surface area contributed by atoms with Crippen molar-refractivity contribution in [1.82, 2.24) is 0 Å². The van der Waals surface area contributed by atoms with Crippen LogP contribution in [0.3, 0.4) is 0 Å². The van der Waals surface area contributed by atoms with Crippen molar-refractivity contribution in [2.45, 2.75) is 118 Å². The highest BCUT2D eigenvalue weighted by atomic mass is 14.7. The minimum Gasteiger partial charge on any atom is -0.327 e. The average molecular weight is 326 g/mol. The largest absolute Gasteiger partial charge is 0.327 e. The quantitative estimate of drug-likeness (QED) is 0.317. The molecule has 0 aromatic heterocycles. The number of hydrogen-bond acceptors (Lipinski definition) is 1. The zero-order valence-electron chi connectivity index (χ0n) is 17.2. The van der Waals surface area contributed by atoms with E-state index in [0.717, 1.165) is 11.8 Å². The maximum Gasteiger partial charge on any atom is 0.00904 e. The molecule has 0 spiro atoms. The van der Waals surface area contributed by atoms with Gasteiger partial charge in [0, 0.05) is 6.04 Å². The lowest BCUT2D eigenvalue weighted by Gasteiger charge is -2.30. The summed E-state index contributed by atoms with van der Waals surface area (Å²) in [5.41, 5.74) is 6.52. The molecule has 1 heteroatoms. The van der Waals surface area contributed by atoms with Crippen LogP contribution in [-0.2, 0) is 0 Å². The molecule has 0 aliphatic heterocycles. The highest BCUT2D eigenvalue weighted by Gasteiger charge is 2.23. The molecule has 5 atom stereocenters. The zero-order chi connectivity index (χ0) is 17.7. The van der Waals surface area contributed by atoms with Crippen molar-refractivity contribution in [3.05, 3.63) is 0 Å². The third-order valence-electron chi connectivity index (χ3n) is 6.06.